The summed E-state index contributed by atoms with van der Waals surface area (Å²) in [5.41, 5.74) is -0.997. The maximum absolute atomic E-state index is 12.4. The van der Waals surface area contributed by atoms with E-state index in [1.54, 1.807) is 13.8 Å². The van der Waals surface area contributed by atoms with Crippen LogP contribution < -0.4 is 0 Å². The number of rotatable bonds is 2. The Labute approximate surface area is 90.5 Å². The summed E-state index contributed by atoms with van der Waals surface area (Å²) < 4.78 is 43.0. The van der Waals surface area contributed by atoms with Crippen molar-refractivity contribution in [3.63, 3.8) is 0 Å². The van der Waals surface area contributed by atoms with Gasteiger partial charge in [-0.2, -0.15) is 18.3 Å². The minimum atomic E-state index is -4.51. The van der Waals surface area contributed by atoms with Gasteiger partial charge in [0.2, 0.25) is 5.90 Å². The smallest absolute Gasteiger partial charge is 0.435 e. The fraction of sp³-hybridized carbons (Fsp3) is 0.556. The first-order valence-electron chi connectivity index (χ1n) is 4.57. The van der Waals surface area contributed by atoms with Crippen LogP contribution in [0.25, 0.3) is 0 Å². The number of ether oxygens (including phenoxy) is 1. The number of halogens is 3. The molecule has 0 radical (unpaired) electrons. The third-order valence-electron chi connectivity index (χ3n) is 1.95. The molecule has 0 bridgehead atoms. The molecule has 0 saturated heterocycles. The molecule has 4 nitrogen and oxygen atoms in total. The topological polar surface area (TPSA) is 50.9 Å². The fourth-order valence-corrected chi connectivity index (χ4v) is 1.20. The van der Waals surface area contributed by atoms with Gasteiger partial charge < -0.3 is 4.74 Å². The summed E-state index contributed by atoms with van der Waals surface area (Å²) in [6.45, 7) is 3.36. The Kier molecular flexibility index (Phi) is 3.25. The van der Waals surface area contributed by atoms with Crippen molar-refractivity contribution in [2.45, 2.75) is 26.1 Å². The summed E-state index contributed by atoms with van der Waals surface area (Å²) in [6.07, 6.45) is -4.51. The van der Waals surface area contributed by atoms with Gasteiger partial charge in [-0.05, 0) is 13.8 Å². The zero-order valence-corrected chi connectivity index (χ0v) is 9.09. The van der Waals surface area contributed by atoms with E-state index >= 15 is 0 Å². The number of methoxy groups -OCH3 is 1. The maximum atomic E-state index is 12.4. The van der Waals surface area contributed by atoms with Gasteiger partial charge in [0.25, 0.3) is 0 Å². The van der Waals surface area contributed by atoms with Gasteiger partial charge in [-0.1, -0.05) is 0 Å². The third kappa shape index (κ3) is 2.34. The average molecular weight is 235 g/mol. The Balaban J connectivity index is 3.26. The first-order chi connectivity index (χ1) is 7.27. The van der Waals surface area contributed by atoms with E-state index in [0.717, 1.165) is 10.7 Å². The molecule has 0 aromatic carbocycles. The van der Waals surface area contributed by atoms with Gasteiger partial charge in [-0.3, -0.25) is 10.1 Å². The summed E-state index contributed by atoms with van der Waals surface area (Å²) >= 11 is 0. The maximum Gasteiger partial charge on any atom is 0.435 e. The largest absolute Gasteiger partial charge is 0.480 e. The van der Waals surface area contributed by atoms with E-state index in [4.69, 9.17) is 5.41 Å². The molecule has 16 heavy (non-hydrogen) atoms. The van der Waals surface area contributed by atoms with Gasteiger partial charge in [0.05, 0.1) is 7.11 Å². The molecule has 0 amide bonds. The first kappa shape index (κ1) is 12.5. The van der Waals surface area contributed by atoms with E-state index < -0.39 is 11.9 Å². The Hall–Kier alpha value is -1.53. The summed E-state index contributed by atoms with van der Waals surface area (Å²) in [5.74, 6) is -0.336. The molecule has 1 aromatic rings. The van der Waals surface area contributed by atoms with Gasteiger partial charge in [-0.25, -0.2) is 0 Å². The molecule has 0 atom stereocenters. The van der Waals surface area contributed by atoms with Crippen molar-refractivity contribution >= 4 is 5.90 Å². The Bertz CT molecular complexity index is 395. The normalized spacial score (nSPS) is 11.9. The van der Waals surface area contributed by atoms with E-state index in [9.17, 15) is 13.2 Å². The molecule has 1 aromatic heterocycles. The molecule has 0 aliphatic carbocycles. The van der Waals surface area contributed by atoms with E-state index in [1.165, 1.54) is 7.11 Å². The van der Waals surface area contributed by atoms with Crippen LogP contribution in [0.5, 0.6) is 0 Å². The molecule has 0 aliphatic heterocycles. The van der Waals surface area contributed by atoms with Crippen LogP contribution in [0, 0.1) is 5.41 Å². The molecule has 0 aliphatic rings. The van der Waals surface area contributed by atoms with Gasteiger partial charge in [-0.15, -0.1) is 0 Å². The van der Waals surface area contributed by atoms with E-state index in [-0.39, 0.29) is 17.6 Å². The minimum absolute atomic E-state index is 0.0184. The highest BCUT2D eigenvalue weighted by atomic mass is 19.4. The molecule has 0 spiro atoms. The summed E-state index contributed by atoms with van der Waals surface area (Å²) in [6, 6.07) is 0.535. The quantitative estimate of drug-likeness (QED) is 0.632. The lowest BCUT2D eigenvalue weighted by molar-refractivity contribution is -0.141. The first-order valence-corrected chi connectivity index (χ1v) is 4.57. The number of hydrogen-bond donors (Lipinski definition) is 1. The summed E-state index contributed by atoms with van der Waals surface area (Å²) in [5, 5.41) is 10.8. The Morgan fingerprint density at radius 3 is 2.44 bits per heavy atom. The average Bonchev–Trinajstić information content (AvgIpc) is 2.60. The highest BCUT2D eigenvalue weighted by molar-refractivity contribution is 5.89. The van der Waals surface area contributed by atoms with Crippen molar-refractivity contribution in [1.82, 2.24) is 9.78 Å². The van der Waals surface area contributed by atoms with E-state index in [2.05, 4.69) is 9.84 Å². The van der Waals surface area contributed by atoms with Gasteiger partial charge in [0, 0.05) is 12.1 Å². The van der Waals surface area contributed by atoms with Crippen LogP contribution in [-0.2, 0) is 10.9 Å². The molecular formula is C9H12F3N3O. The van der Waals surface area contributed by atoms with Crippen LogP contribution >= 0.6 is 0 Å². The van der Waals surface area contributed by atoms with Gasteiger partial charge in [0.15, 0.2) is 5.69 Å². The lowest BCUT2D eigenvalue weighted by Gasteiger charge is -2.10. The number of hydrogen-bond acceptors (Lipinski definition) is 3. The lowest BCUT2D eigenvalue weighted by Crippen LogP contribution is -2.14. The van der Waals surface area contributed by atoms with Crippen LogP contribution in [0.3, 0.4) is 0 Å². The van der Waals surface area contributed by atoms with E-state index in [0.29, 0.717) is 0 Å². The highest BCUT2D eigenvalue weighted by Crippen LogP contribution is 2.29. The molecule has 1 heterocycles. The molecule has 7 heteroatoms. The van der Waals surface area contributed by atoms with Crippen LogP contribution in [0.1, 0.15) is 31.3 Å². The van der Waals surface area contributed by atoms with Crippen molar-refractivity contribution in [1.29, 1.82) is 5.41 Å². The standard InChI is InChI=1S/C9H12F3N3O/c1-5(2)15-6(8(13)16-3)4-7(14-15)9(10,11)12/h4-5,13H,1-3H3. The van der Waals surface area contributed by atoms with Gasteiger partial charge in [0.1, 0.15) is 5.69 Å². The molecule has 0 unspecified atom stereocenters. The Morgan fingerprint density at radius 1 is 1.50 bits per heavy atom. The molecule has 1 N–H and O–H groups in total. The van der Waals surface area contributed by atoms with Crippen LogP contribution in [0.4, 0.5) is 13.2 Å². The van der Waals surface area contributed by atoms with Crippen LogP contribution in [-0.4, -0.2) is 22.8 Å². The monoisotopic (exact) mass is 235 g/mol. The van der Waals surface area contributed by atoms with E-state index in [1.807, 2.05) is 0 Å². The SMILES string of the molecule is COC(=N)c1cc(C(F)(F)F)nn1C(C)C. The van der Waals surface area contributed by atoms with Crippen LogP contribution in [0.15, 0.2) is 6.07 Å². The zero-order valence-electron chi connectivity index (χ0n) is 9.09. The second-order valence-electron chi connectivity index (χ2n) is 3.48. The number of nitrogens with zero attached hydrogens (tertiary/aromatic N) is 2. The van der Waals surface area contributed by atoms with Crippen molar-refractivity contribution in [2.75, 3.05) is 7.11 Å². The van der Waals surface area contributed by atoms with Gasteiger partial charge >= 0.3 is 6.18 Å². The molecule has 0 saturated carbocycles. The van der Waals surface area contributed by atoms with Crippen molar-refractivity contribution in [2.24, 2.45) is 0 Å². The molecule has 1 rings (SSSR count). The highest BCUT2D eigenvalue weighted by Gasteiger charge is 2.35. The number of aromatic nitrogens is 2. The lowest BCUT2D eigenvalue weighted by atomic mass is 10.3. The second kappa shape index (κ2) is 4.15. The molecule has 0 fully saturated rings. The van der Waals surface area contributed by atoms with Crippen molar-refractivity contribution in [3.8, 4) is 0 Å². The molecular weight excluding hydrogens is 223 g/mol. The molecule has 90 valence electrons. The fourth-order valence-electron chi connectivity index (χ4n) is 1.20. The predicted molar refractivity (Wildman–Crippen MR) is 51.5 cm³/mol. The Morgan fingerprint density at radius 2 is 2.06 bits per heavy atom. The third-order valence-corrected chi connectivity index (χ3v) is 1.95. The second-order valence-corrected chi connectivity index (χ2v) is 3.48. The number of nitrogens with one attached hydrogen (secondary N) is 1. The van der Waals surface area contributed by atoms with Crippen molar-refractivity contribution < 1.29 is 17.9 Å². The zero-order chi connectivity index (χ0) is 12.5. The minimum Gasteiger partial charge on any atom is -0.480 e. The predicted octanol–water partition coefficient (Wildman–Crippen LogP) is 2.45. The summed E-state index contributed by atoms with van der Waals surface area (Å²) in [4.78, 5) is 0. The summed E-state index contributed by atoms with van der Waals surface area (Å²) in [7, 11) is 1.23. The van der Waals surface area contributed by atoms with Crippen LogP contribution in [0.2, 0.25) is 0 Å². The van der Waals surface area contributed by atoms with Crippen molar-refractivity contribution in [3.05, 3.63) is 17.5 Å². The number of alkyl halides is 3.